The molecule has 2 rings (SSSR count). The summed E-state index contributed by atoms with van der Waals surface area (Å²) in [4.78, 5) is 0. The fourth-order valence-electron chi connectivity index (χ4n) is 1.30. The van der Waals surface area contributed by atoms with Crippen LogP contribution in [0.5, 0.6) is 5.75 Å². The number of halogens is 1. The standard InChI is InChI=1S/C12H10FN3O2S/c1-8(17-10-4-2-9(13)3-5-10)11-15-16-12(18-11)19-7-6-14/h2-5,8H,7H2,1H3/t8-/m1/s1. The molecule has 2 aromatic rings. The molecule has 0 aliphatic rings. The number of benzene rings is 1. The van der Waals surface area contributed by atoms with E-state index in [1.807, 2.05) is 6.07 Å². The minimum absolute atomic E-state index is 0.245. The molecule has 0 bridgehead atoms. The van der Waals surface area contributed by atoms with Gasteiger partial charge in [-0.3, -0.25) is 0 Å². The topological polar surface area (TPSA) is 71.9 Å². The number of hydrogen-bond donors (Lipinski definition) is 0. The van der Waals surface area contributed by atoms with E-state index in [1.54, 1.807) is 6.92 Å². The molecule has 0 spiro atoms. The SMILES string of the molecule is C[C@@H](Oc1ccc(F)cc1)c1nnc(SCC#N)o1. The maximum atomic E-state index is 12.7. The van der Waals surface area contributed by atoms with E-state index in [-0.39, 0.29) is 11.6 Å². The van der Waals surface area contributed by atoms with E-state index >= 15 is 0 Å². The molecule has 1 heterocycles. The molecule has 98 valence electrons. The first-order valence-corrected chi connectivity index (χ1v) is 6.43. The van der Waals surface area contributed by atoms with Gasteiger partial charge < -0.3 is 9.15 Å². The third-order valence-corrected chi connectivity index (χ3v) is 2.84. The Hall–Kier alpha value is -2.07. The van der Waals surface area contributed by atoms with Gasteiger partial charge in [0.1, 0.15) is 11.6 Å². The zero-order valence-electron chi connectivity index (χ0n) is 10.0. The van der Waals surface area contributed by atoms with E-state index in [0.717, 1.165) is 11.8 Å². The normalized spacial score (nSPS) is 11.8. The van der Waals surface area contributed by atoms with Crippen molar-refractivity contribution in [3.8, 4) is 11.8 Å². The van der Waals surface area contributed by atoms with Gasteiger partial charge in [0.2, 0.25) is 0 Å². The van der Waals surface area contributed by atoms with Crippen molar-refractivity contribution in [3.05, 3.63) is 36.0 Å². The highest BCUT2D eigenvalue weighted by atomic mass is 32.2. The third-order valence-electron chi connectivity index (χ3n) is 2.16. The maximum Gasteiger partial charge on any atom is 0.277 e. The first-order chi connectivity index (χ1) is 9.19. The Balaban J connectivity index is 1.99. The van der Waals surface area contributed by atoms with Crippen molar-refractivity contribution in [2.24, 2.45) is 0 Å². The lowest BCUT2D eigenvalue weighted by Gasteiger charge is -2.10. The quantitative estimate of drug-likeness (QED) is 0.783. The first kappa shape index (κ1) is 13.4. The molecule has 1 aromatic heterocycles. The summed E-state index contributed by atoms with van der Waals surface area (Å²) in [7, 11) is 0. The van der Waals surface area contributed by atoms with Gasteiger partial charge in [-0.25, -0.2) is 4.39 Å². The summed E-state index contributed by atoms with van der Waals surface area (Å²) < 4.78 is 23.6. The van der Waals surface area contributed by atoms with Crippen molar-refractivity contribution < 1.29 is 13.5 Å². The number of ether oxygens (including phenoxy) is 1. The molecular formula is C12H10FN3O2S. The predicted octanol–water partition coefficient (Wildman–Crippen LogP) is 2.96. The van der Waals surface area contributed by atoms with Gasteiger partial charge in [0.05, 0.1) is 11.8 Å². The van der Waals surface area contributed by atoms with Crippen LogP contribution in [0.4, 0.5) is 4.39 Å². The maximum absolute atomic E-state index is 12.7. The van der Waals surface area contributed by atoms with Crippen LogP contribution in [-0.4, -0.2) is 16.0 Å². The summed E-state index contributed by atoms with van der Waals surface area (Å²) in [6.45, 7) is 1.75. The van der Waals surface area contributed by atoms with E-state index in [1.165, 1.54) is 24.3 Å². The number of nitrogens with zero attached hydrogens (tertiary/aromatic N) is 3. The second kappa shape index (κ2) is 6.20. The average Bonchev–Trinajstić information content (AvgIpc) is 2.88. The predicted molar refractivity (Wildman–Crippen MR) is 66.1 cm³/mol. The number of nitriles is 1. The Morgan fingerprint density at radius 2 is 2.16 bits per heavy atom. The van der Waals surface area contributed by atoms with Gasteiger partial charge in [0.15, 0.2) is 6.10 Å². The smallest absolute Gasteiger partial charge is 0.277 e. The summed E-state index contributed by atoms with van der Waals surface area (Å²) in [5, 5.41) is 16.4. The monoisotopic (exact) mass is 279 g/mol. The molecule has 5 nitrogen and oxygen atoms in total. The molecule has 1 atom stereocenters. The van der Waals surface area contributed by atoms with Gasteiger partial charge in [0, 0.05) is 0 Å². The second-order valence-corrected chi connectivity index (χ2v) is 4.49. The minimum Gasteiger partial charge on any atom is -0.481 e. The fraction of sp³-hybridized carbons (Fsp3) is 0.250. The Morgan fingerprint density at radius 1 is 1.42 bits per heavy atom. The summed E-state index contributed by atoms with van der Waals surface area (Å²) in [5.41, 5.74) is 0. The molecule has 0 saturated carbocycles. The Bertz CT molecular complexity index is 579. The van der Waals surface area contributed by atoms with E-state index in [2.05, 4.69) is 10.2 Å². The third kappa shape index (κ3) is 3.69. The molecule has 0 saturated heterocycles. The van der Waals surface area contributed by atoms with Gasteiger partial charge in [0.25, 0.3) is 11.1 Å². The van der Waals surface area contributed by atoms with E-state index < -0.39 is 6.10 Å². The molecule has 7 heteroatoms. The largest absolute Gasteiger partial charge is 0.481 e. The molecule has 0 aliphatic carbocycles. The molecule has 0 fully saturated rings. The summed E-state index contributed by atoms with van der Waals surface area (Å²) >= 11 is 1.16. The molecule has 19 heavy (non-hydrogen) atoms. The van der Waals surface area contributed by atoms with Crippen LogP contribution in [-0.2, 0) is 0 Å². The highest BCUT2D eigenvalue weighted by Gasteiger charge is 2.15. The van der Waals surface area contributed by atoms with Crippen molar-refractivity contribution in [2.75, 3.05) is 5.75 Å². The van der Waals surface area contributed by atoms with Crippen LogP contribution in [0.2, 0.25) is 0 Å². The van der Waals surface area contributed by atoms with Crippen LogP contribution in [0.1, 0.15) is 18.9 Å². The van der Waals surface area contributed by atoms with E-state index in [4.69, 9.17) is 14.4 Å². The molecular weight excluding hydrogens is 269 g/mol. The number of rotatable bonds is 5. The highest BCUT2D eigenvalue weighted by molar-refractivity contribution is 7.99. The van der Waals surface area contributed by atoms with Crippen molar-refractivity contribution in [2.45, 2.75) is 18.3 Å². The van der Waals surface area contributed by atoms with Crippen molar-refractivity contribution in [1.82, 2.24) is 10.2 Å². The Labute approximate surface area is 113 Å². The van der Waals surface area contributed by atoms with E-state index in [9.17, 15) is 4.39 Å². The summed E-state index contributed by atoms with van der Waals surface area (Å²) in [6, 6.07) is 7.63. The van der Waals surface area contributed by atoms with Gasteiger partial charge >= 0.3 is 0 Å². The highest BCUT2D eigenvalue weighted by Crippen LogP contribution is 2.23. The van der Waals surface area contributed by atoms with Gasteiger partial charge in [-0.15, -0.1) is 10.2 Å². The van der Waals surface area contributed by atoms with Crippen molar-refractivity contribution in [3.63, 3.8) is 0 Å². The molecule has 0 radical (unpaired) electrons. The lowest BCUT2D eigenvalue weighted by Crippen LogP contribution is -2.03. The molecule has 0 N–H and O–H groups in total. The number of aromatic nitrogens is 2. The summed E-state index contributed by atoms with van der Waals surface area (Å²) in [6.07, 6.45) is -0.450. The molecule has 0 amide bonds. The Kier molecular flexibility index (Phi) is 4.36. The van der Waals surface area contributed by atoms with Crippen LogP contribution < -0.4 is 4.74 Å². The van der Waals surface area contributed by atoms with Crippen molar-refractivity contribution >= 4 is 11.8 Å². The number of thioether (sulfide) groups is 1. The minimum atomic E-state index is -0.450. The van der Waals surface area contributed by atoms with Gasteiger partial charge in [-0.1, -0.05) is 11.8 Å². The van der Waals surface area contributed by atoms with Crippen molar-refractivity contribution in [1.29, 1.82) is 5.26 Å². The lowest BCUT2D eigenvalue weighted by atomic mass is 10.3. The molecule has 0 aliphatic heterocycles. The van der Waals surface area contributed by atoms with Crippen LogP contribution in [0.15, 0.2) is 33.9 Å². The lowest BCUT2D eigenvalue weighted by molar-refractivity contribution is 0.181. The van der Waals surface area contributed by atoms with Crippen LogP contribution in [0.3, 0.4) is 0 Å². The van der Waals surface area contributed by atoms with Crippen LogP contribution >= 0.6 is 11.8 Å². The zero-order chi connectivity index (χ0) is 13.7. The average molecular weight is 279 g/mol. The molecule has 1 aromatic carbocycles. The second-order valence-electron chi connectivity index (χ2n) is 3.57. The van der Waals surface area contributed by atoms with E-state index in [0.29, 0.717) is 16.9 Å². The first-order valence-electron chi connectivity index (χ1n) is 5.44. The fourth-order valence-corrected chi connectivity index (χ4v) is 1.74. The number of hydrogen-bond acceptors (Lipinski definition) is 6. The molecule has 0 unspecified atom stereocenters. The zero-order valence-corrected chi connectivity index (χ0v) is 10.9. The van der Waals surface area contributed by atoms with Gasteiger partial charge in [-0.05, 0) is 31.2 Å². The van der Waals surface area contributed by atoms with Crippen LogP contribution in [0.25, 0.3) is 0 Å². The summed E-state index contributed by atoms with van der Waals surface area (Å²) in [5.74, 6) is 0.741. The van der Waals surface area contributed by atoms with Crippen LogP contribution in [0, 0.1) is 17.1 Å². The van der Waals surface area contributed by atoms with Gasteiger partial charge in [-0.2, -0.15) is 5.26 Å². The Morgan fingerprint density at radius 3 is 2.84 bits per heavy atom.